The molecule has 2 N–H and O–H groups in total. The molecule has 1 rings (SSSR count). The maximum Gasteiger partial charge on any atom is 0.274 e. The van der Waals surface area contributed by atoms with Crippen molar-refractivity contribution in [1.82, 2.24) is 0 Å². The van der Waals surface area contributed by atoms with Crippen LogP contribution in [0.2, 0.25) is 0 Å². The third kappa shape index (κ3) is 2.55. The van der Waals surface area contributed by atoms with Crippen LogP contribution in [0, 0.1) is 10.1 Å². The van der Waals surface area contributed by atoms with E-state index in [0.29, 0.717) is 5.56 Å². The molecule has 0 aliphatic heterocycles. The van der Waals surface area contributed by atoms with Gasteiger partial charge < -0.3 is 5.73 Å². The maximum absolute atomic E-state index is 10.6. The summed E-state index contributed by atoms with van der Waals surface area (Å²) in [4.78, 5) is 10.1. The van der Waals surface area contributed by atoms with E-state index in [4.69, 9.17) is 5.73 Å². The molecule has 0 bridgehead atoms. The van der Waals surface area contributed by atoms with Gasteiger partial charge in [0.1, 0.15) is 0 Å². The summed E-state index contributed by atoms with van der Waals surface area (Å²) in [7, 11) is 0. The van der Waals surface area contributed by atoms with Crippen molar-refractivity contribution in [3.8, 4) is 0 Å². The van der Waals surface area contributed by atoms with Crippen LogP contribution in [0.15, 0.2) is 36.9 Å². The Morgan fingerprint density at radius 3 is 2.57 bits per heavy atom. The van der Waals surface area contributed by atoms with Gasteiger partial charge in [0.25, 0.3) is 5.69 Å². The topological polar surface area (TPSA) is 69.2 Å². The van der Waals surface area contributed by atoms with E-state index < -0.39 is 11.0 Å². The van der Waals surface area contributed by atoms with Crippen molar-refractivity contribution in [2.45, 2.75) is 6.04 Å². The lowest BCUT2D eigenvalue weighted by Gasteiger charge is -2.05. The first-order chi connectivity index (χ1) is 6.16. The van der Waals surface area contributed by atoms with Crippen molar-refractivity contribution >= 4 is 18.1 Å². The smallest absolute Gasteiger partial charge is 0.274 e. The van der Waals surface area contributed by atoms with Gasteiger partial charge in [-0.1, -0.05) is 24.3 Å². The fourth-order valence-corrected chi connectivity index (χ4v) is 1.06. The number of hydrogen-bond donors (Lipinski definition) is 1. The predicted octanol–water partition coefficient (Wildman–Crippen LogP) is 2.20. The molecule has 0 fully saturated rings. The normalized spacial score (nSPS) is 11.2. The van der Waals surface area contributed by atoms with Gasteiger partial charge in [0, 0.05) is 6.07 Å². The van der Waals surface area contributed by atoms with Crippen molar-refractivity contribution in [3.63, 3.8) is 0 Å². The van der Waals surface area contributed by atoms with E-state index in [2.05, 4.69) is 6.58 Å². The van der Waals surface area contributed by atoms with Gasteiger partial charge >= 0.3 is 0 Å². The van der Waals surface area contributed by atoms with Gasteiger partial charge in [-0.2, -0.15) is 0 Å². The second-order valence-electron chi connectivity index (χ2n) is 2.58. The number of halogens is 1. The summed E-state index contributed by atoms with van der Waals surface area (Å²) < 4.78 is 0. The molecule has 5 heteroatoms. The van der Waals surface area contributed by atoms with Crippen LogP contribution < -0.4 is 5.73 Å². The second-order valence-corrected chi connectivity index (χ2v) is 2.58. The summed E-state index contributed by atoms with van der Waals surface area (Å²) in [5.41, 5.74) is 6.14. The van der Waals surface area contributed by atoms with Gasteiger partial charge in [-0.25, -0.2) is 0 Å². The summed E-state index contributed by atoms with van der Waals surface area (Å²) in [6.45, 7) is 3.49. The molecular weight excluding hydrogens is 204 g/mol. The third-order valence-electron chi connectivity index (χ3n) is 1.75. The molecule has 0 saturated carbocycles. The Labute approximate surface area is 88.0 Å². The van der Waals surface area contributed by atoms with Gasteiger partial charge in [-0.3, -0.25) is 10.1 Å². The van der Waals surface area contributed by atoms with E-state index in [1.807, 2.05) is 0 Å². The van der Waals surface area contributed by atoms with Crippen molar-refractivity contribution in [2.24, 2.45) is 5.73 Å². The van der Waals surface area contributed by atoms with Crippen LogP contribution in [0.3, 0.4) is 0 Å². The maximum atomic E-state index is 10.6. The van der Waals surface area contributed by atoms with E-state index in [1.165, 1.54) is 12.1 Å². The Bertz CT molecular complexity index is 341. The zero-order chi connectivity index (χ0) is 9.84. The van der Waals surface area contributed by atoms with Gasteiger partial charge in [0.2, 0.25) is 0 Å². The fraction of sp³-hybridized carbons (Fsp3) is 0.111. The predicted molar refractivity (Wildman–Crippen MR) is 57.5 cm³/mol. The van der Waals surface area contributed by atoms with Crippen molar-refractivity contribution < 1.29 is 4.92 Å². The molecule has 1 atom stereocenters. The number of hydrogen-bond acceptors (Lipinski definition) is 3. The second kappa shape index (κ2) is 5.36. The monoisotopic (exact) mass is 214 g/mol. The van der Waals surface area contributed by atoms with E-state index in [9.17, 15) is 10.1 Å². The lowest BCUT2D eigenvalue weighted by Crippen LogP contribution is -2.08. The number of nitrogens with zero attached hydrogens (tertiary/aromatic N) is 1. The molecule has 0 spiro atoms. The molecule has 0 aromatic heterocycles. The molecule has 0 heterocycles. The first-order valence-electron chi connectivity index (χ1n) is 3.78. The van der Waals surface area contributed by atoms with E-state index >= 15 is 0 Å². The van der Waals surface area contributed by atoms with E-state index in [1.54, 1.807) is 18.2 Å². The van der Waals surface area contributed by atoms with Crippen molar-refractivity contribution in [3.05, 3.63) is 52.6 Å². The van der Waals surface area contributed by atoms with Gasteiger partial charge in [0.15, 0.2) is 0 Å². The summed E-state index contributed by atoms with van der Waals surface area (Å²) in [6.07, 6.45) is 1.47. The lowest BCUT2D eigenvalue weighted by atomic mass is 10.1. The average Bonchev–Trinajstić information content (AvgIpc) is 2.16. The van der Waals surface area contributed by atoms with Gasteiger partial charge in [0.05, 0.1) is 16.5 Å². The highest BCUT2D eigenvalue weighted by atomic mass is 35.5. The molecule has 0 saturated heterocycles. The quantitative estimate of drug-likeness (QED) is 0.477. The Morgan fingerprint density at radius 1 is 1.50 bits per heavy atom. The minimum absolute atomic E-state index is 0. The molecule has 14 heavy (non-hydrogen) atoms. The average molecular weight is 215 g/mol. The number of rotatable bonds is 3. The molecular formula is C9H11ClN2O2. The Balaban J connectivity index is 0.00000169. The first kappa shape index (κ1) is 12.6. The van der Waals surface area contributed by atoms with Crippen molar-refractivity contribution in [1.29, 1.82) is 0 Å². The zero-order valence-corrected chi connectivity index (χ0v) is 8.24. The van der Waals surface area contributed by atoms with Crippen LogP contribution in [0.4, 0.5) is 5.69 Å². The summed E-state index contributed by atoms with van der Waals surface area (Å²) >= 11 is 0. The Morgan fingerprint density at radius 2 is 2.07 bits per heavy atom. The highest BCUT2D eigenvalue weighted by Gasteiger charge is 2.15. The minimum atomic E-state index is -0.485. The van der Waals surface area contributed by atoms with E-state index in [0.717, 1.165) is 0 Å². The summed E-state index contributed by atoms with van der Waals surface area (Å²) in [5.74, 6) is 0. The first-order valence-corrected chi connectivity index (χ1v) is 3.78. The molecule has 76 valence electrons. The van der Waals surface area contributed by atoms with E-state index in [-0.39, 0.29) is 18.1 Å². The fourth-order valence-electron chi connectivity index (χ4n) is 1.06. The summed E-state index contributed by atoms with van der Waals surface area (Å²) in [6, 6.07) is 5.90. The standard InChI is InChI=1S/C9H10N2O2.ClH/c1-2-8(10)7-5-3-4-6-9(7)11(12)13;/h2-6,8H,1,10H2;1H/t8-;/m0./s1. The Hall–Kier alpha value is -1.39. The zero-order valence-electron chi connectivity index (χ0n) is 7.42. The van der Waals surface area contributed by atoms with Crippen LogP contribution in [0.1, 0.15) is 11.6 Å². The molecule has 0 unspecified atom stereocenters. The number of nitrogens with two attached hydrogens (primary N) is 1. The number of benzene rings is 1. The Kier molecular flexibility index (Phi) is 4.83. The van der Waals surface area contributed by atoms with Crippen molar-refractivity contribution in [2.75, 3.05) is 0 Å². The number of nitro groups is 1. The van der Waals surface area contributed by atoms with Gasteiger partial charge in [-0.05, 0) is 0 Å². The SMILES string of the molecule is C=C[C@H](N)c1ccccc1[N+](=O)[O-].Cl. The van der Waals surface area contributed by atoms with Crippen LogP contribution in [-0.2, 0) is 0 Å². The van der Waals surface area contributed by atoms with Crippen LogP contribution >= 0.6 is 12.4 Å². The third-order valence-corrected chi connectivity index (χ3v) is 1.75. The molecule has 1 aromatic rings. The minimum Gasteiger partial charge on any atom is -0.321 e. The van der Waals surface area contributed by atoms with Crippen LogP contribution in [0.25, 0.3) is 0 Å². The molecule has 0 aliphatic rings. The summed E-state index contributed by atoms with van der Waals surface area (Å²) in [5, 5.41) is 10.6. The molecule has 0 amide bonds. The number of para-hydroxylation sites is 1. The molecule has 1 aromatic carbocycles. The lowest BCUT2D eigenvalue weighted by molar-refractivity contribution is -0.385. The van der Waals surface area contributed by atoms with Crippen LogP contribution in [-0.4, -0.2) is 4.92 Å². The van der Waals surface area contributed by atoms with Crippen LogP contribution in [0.5, 0.6) is 0 Å². The number of nitro benzene ring substituents is 1. The molecule has 0 aliphatic carbocycles. The highest BCUT2D eigenvalue weighted by molar-refractivity contribution is 5.85. The largest absolute Gasteiger partial charge is 0.321 e. The molecule has 0 radical (unpaired) electrons. The highest BCUT2D eigenvalue weighted by Crippen LogP contribution is 2.23. The molecule has 4 nitrogen and oxygen atoms in total. The van der Waals surface area contributed by atoms with Gasteiger partial charge in [-0.15, -0.1) is 19.0 Å².